The predicted octanol–water partition coefficient (Wildman–Crippen LogP) is 4.34. The molecule has 0 fully saturated rings. The molecule has 0 aliphatic rings. The highest BCUT2D eigenvalue weighted by molar-refractivity contribution is 7.21. The minimum Gasteiger partial charge on any atom is -0.465 e. The van der Waals surface area contributed by atoms with Crippen molar-refractivity contribution in [2.45, 2.75) is 27.3 Å². The fraction of sp³-hybridized carbons (Fsp3) is 0.316. The number of hydrogen-bond acceptors (Lipinski definition) is 7. The minimum atomic E-state index is -0.514. The van der Waals surface area contributed by atoms with E-state index in [0.717, 1.165) is 4.70 Å². The third kappa shape index (κ3) is 4.01. The second kappa shape index (κ2) is 8.41. The van der Waals surface area contributed by atoms with Crippen LogP contribution in [0.2, 0.25) is 5.02 Å². The molecule has 3 rings (SSSR count). The van der Waals surface area contributed by atoms with Gasteiger partial charge in [0.15, 0.2) is 0 Å². The van der Waals surface area contributed by atoms with Gasteiger partial charge in [-0.2, -0.15) is 5.10 Å². The van der Waals surface area contributed by atoms with Crippen molar-refractivity contribution < 1.29 is 19.2 Å². The number of nitro groups is 1. The topological polar surface area (TPSA) is 116 Å². The first-order valence-corrected chi connectivity index (χ1v) is 10.1. The smallest absolute Gasteiger partial charge is 0.349 e. The van der Waals surface area contributed by atoms with Gasteiger partial charge in [0.05, 0.1) is 29.5 Å². The van der Waals surface area contributed by atoms with E-state index in [2.05, 4.69) is 10.4 Å². The fourth-order valence-electron chi connectivity index (χ4n) is 3.10. The largest absolute Gasteiger partial charge is 0.465 e. The molecule has 30 heavy (non-hydrogen) atoms. The molecular formula is C19H19ClN4O5S. The summed E-state index contributed by atoms with van der Waals surface area (Å²) in [5.41, 5.74) is 1.23. The lowest BCUT2D eigenvalue weighted by Crippen LogP contribution is -2.25. The van der Waals surface area contributed by atoms with Gasteiger partial charge in [-0.05, 0) is 32.0 Å². The van der Waals surface area contributed by atoms with Crippen LogP contribution < -0.4 is 5.32 Å². The predicted molar refractivity (Wildman–Crippen MR) is 114 cm³/mol. The van der Waals surface area contributed by atoms with Gasteiger partial charge in [-0.1, -0.05) is 18.5 Å². The summed E-state index contributed by atoms with van der Waals surface area (Å²) in [6, 6.07) is 5.16. The Bertz CT molecular complexity index is 1170. The first-order valence-electron chi connectivity index (χ1n) is 8.93. The molecule has 0 radical (unpaired) electrons. The van der Waals surface area contributed by atoms with E-state index in [4.69, 9.17) is 16.3 Å². The van der Waals surface area contributed by atoms with E-state index in [-0.39, 0.29) is 18.1 Å². The van der Waals surface area contributed by atoms with E-state index in [9.17, 15) is 19.7 Å². The summed E-state index contributed by atoms with van der Waals surface area (Å²) in [5.74, 6) is -1.27. The molecule has 0 spiro atoms. The van der Waals surface area contributed by atoms with Crippen LogP contribution >= 0.6 is 22.9 Å². The van der Waals surface area contributed by atoms with Gasteiger partial charge in [-0.25, -0.2) is 4.79 Å². The molecule has 0 aliphatic carbocycles. The van der Waals surface area contributed by atoms with E-state index in [1.807, 2.05) is 0 Å². The number of nitrogens with zero attached hydrogens (tertiary/aromatic N) is 3. The van der Waals surface area contributed by atoms with Gasteiger partial charge in [-0.3, -0.25) is 19.6 Å². The maximum absolute atomic E-state index is 12.6. The van der Waals surface area contributed by atoms with Crippen molar-refractivity contribution >= 4 is 56.3 Å². The molecule has 9 nitrogen and oxygen atoms in total. The third-order valence-electron chi connectivity index (χ3n) is 4.69. The van der Waals surface area contributed by atoms with Crippen LogP contribution in [0.3, 0.4) is 0 Å². The number of carbonyl (C=O) groups excluding carboxylic acids is 2. The van der Waals surface area contributed by atoms with Gasteiger partial charge in [-0.15, -0.1) is 11.3 Å². The summed E-state index contributed by atoms with van der Waals surface area (Å²) >= 11 is 7.43. The van der Waals surface area contributed by atoms with E-state index >= 15 is 0 Å². The molecule has 11 heteroatoms. The molecule has 1 aromatic carbocycles. The zero-order valence-corrected chi connectivity index (χ0v) is 18.3. The Labute approximate surface area is 180 Å². The molecule has 2 aromatic heterocycles. The van der Waals surface area contributed by atoms with Gasteiger partial charge in [0.2, 0.25) is 5.91 Å². The number of aromatic nitrogens is 2. The SMILES string of the molecule is COC(=O)c1sc2cc(NC(=O)C(C)Cn3nc(C)c([N+](=O)[O-])c3C)ccc2c1Cl. The molecule has 2 heterocycles. The highest BCUT2D eigenvalue weighted by Gasteiger charge is 2.24. The van der Waals surface area contributed by atoms with E-state index in [1.54, 1.807) is 39.0 Å². The van der Waals surface area contributed by atoms with E-state index < -0.39 is 16.8 Å². The maximum Gasteiger partial charge on any atom is 0.349 e. The van der Waals surface area contributed by atoms with Crippen molar-refractivity contribution in [1.29, 1.82) is 0 Å². The van der Waals surface area contributed by atoms with Gasteiger partial charge in [0, 0.05) is 15.8 Å². The molecule has 158 valence electrons. The van der Waals surface area contributed by atoms with Crippen molar-refractivity contribution in [3.05, 3.63) is 49.6 Å². The lowest BCUT2D eigenvalue weighted by atomic mass is 10.1. The number of halogens is 1. The molecule has 0 saturated carbocycles. The van der Waals surface area contributed by atoms with Crippen LogP contribution in [-0.4, -0.2) is 33.7 Å². The van der Waals surface area contributed by atoms with E-state index in [1.165, 1.54) is 23.1 Å². The summed E-state index contributed by atoms with van der Waals surface area (Å²) in [7, 11) is 1.29. The normalized spacial score (nSPS) is 12.0. The Kier molecular flexibility index (Phi) is 6.09. The Morgan fingerprint density at radius 3 is 2.70 bits per heavy atom. The molecule has 1 unspecified atom stereocenters. The highest BCUT2D eigenvalue weighted by atomic mass is 35.5. The molecule has 1 N–H and O–H groups in total. The summed E-state index contributed by atoms with van der Waals surface area (Å²) < 4.78 is 6.94. The summed E-state index contributed by atoms with van der Waals surface area (Å²) in [5, 5.41) is 19.2. The minimum absolute atomic E-state index is 0.0379. The summed E-state index contributed by atoms with van der Waals surface area (Å²) in [6.07, 6.45) is 0. The third-order valence-corrected chi connectivity index (χ3v) is 6.33. The standard InChI is InChI=1S/C19H19ClN4O5S/c1-9(8-23-11(3)16(24(27)28)10(2)22-23)18(25)21-12-5-6-13-14(7-12)30-17(15(13)20)19(26)29-4/h5-7,9H,8H2,1-4H3,(H,21,25). The van der Waals surface area contributed by atoms with Crippen LogP contribution in [0.5, 0.6) is 0 Å². The summed E-state index contributed by atoms with van der Waals surface area (Å²) in [4.78, 5) is 35.4. The number of hydrogen-bond donors (Lipinski definition) is 1. The second-order valence-corrected chi connectivity index (χ2v) is 8.23. The first-order chi connectivity index (χ1) is 14.1. The molecule has 0 aliphatic heterocycles. The van der Waals surface area contributed by atoms with Crippen molar-refractivity contribution in [2.75, 3.05) is 12.4 Å². The number of methoxy groups -OCH3 is 1. The van der Waals surface area contributed by atoms with Crippen LogP contribution in [0.25, 0.3) is 10.1 Å². The number of nitrogens with one attached hydrogen (secondary N) is 1. The molecule has 1 amide bonds. The van der Waals surface area contributed by atoms with Gasteiger partial charge >= 0.3 is 11.7 Å². The number of esters is 1. The maximum atomic E-state index is 12.6. The zero-order valence-electron chi connectivity index (χ0n) is 16.7. The first kappa shape index (κ1) is 21.7. The average Bonchev–Trinajstić information content (AvgIpc) is 3.16. The van der Waals surface area contributed by atoms with Crippen LogP contribution in [-0.2, 0) is 16.1 Å². The molecule has 1 atom stereocenters. The lowest BCUT2D eigenvalue weighted by Gasteiger charge is -2.13. The molecule has 0 saturated heterocycles. The number of fused-ring (bicyclic) bond motifs is 1. The van der Waals surface area contributed by atoms with Gasteiger partial charge in [0.25, 0.3) is 0 Å². The lowest BCUT2D eigenvalue weighted by molar-refractivity contribution is -0.386. The Morgan fingerprint density at radius 1 is 1.40 bits per heavy atom. The highest BCUT2D eigenvalue weighted by Crippen LogP contribution is 2.37. The number of ether oxygens (including phenoxy) is 1. The van der Waals surface area contributed by atoms with Gasteiger partial charge in [0.1, 0.15) is 16.3 Å². The van der Waals surface area contributed by atoms with Crippen LogP contribution in [0.1, 0.15) is 28.0 Å². The molecular weight excluding hydrogens is 432 g/mol. The fourth-order valence-corrected chi connectivity index (χ4v) is 4.57. The Morgan fingerprint density at radius 2 is 2.10 bits per heavy atom. The molecule has 3 aromatic rings. The second-order valence-electron chi connectivity index (χ2n) is 6.80. The van der Waals surface area contributed by atoms with Crippen LogP contribution in [0.4, 0.5) is 11.4 Å². The van der Waals surface area contributed by atoms with Crippen molar-refractivity contribution in [3.8, 4) is 0 Å². The van der Waals surface area contributed by atoms with Crippen molar-refractivity contribution in [3.63, 3.8) is 0 Å². The number of benzene rings is 1. The number of anilines is 1. The monoisotopic (exact) mass is 450 g/mol. The quantitative estimate of drug-likeness (QED) is 0.339. The van der Waals surface area contributed by atoms with E-state index in [0.29, 0.717) is 32.4 Å². The average molecular weight is 451 g/mol. The van der Waals surface area contributed by atoms with Gasteiger partial charge < -0.3 is 10.1 Å². The number of aryl methyl sites for hydroxylation is 1. The number of carbonyl (C=O) groups is 2. The van der Waals surface area contributed by atoms with Crippen LogP contribution in [0.15, 0.2) is 18.2 Å². The molecule has 0 bridgehead atoms. The van der Waals surface area contributed by atoms with Crippen LogP contribution in [0, 0.1) is 29.9 Å². The number of thiophene rings is 1. The number of rotatable bonds is 6. The Balaban J connectivity index is 1.77. The van der Waals surface area contributed by atoms with Crippen molar-refractivity contribution in [2.24, 2.45) is 5.92 Å². The Hall–Kier alpha value is -2.98. The zero-order chi connectivity index (χ0) is 22.2. The number of amides is 1. The summed E-state index contributed by atoms with van der Waals surface area (Å²) in [6.45, 7) is 5.09. The van der Waals surface area contributed by atoms with Crippen molar-refractivity contribution in [1.82, 2.24) is 9.78 Å².